The van der Waals surface area contributed by atoms with Crippen LogP contribution in [0.4, 0.5) is 10.5 Å². The second-order valence-electron chi connectivity index (χ2n) is 5.59. The third kappa shape index (κ3) is 3.86. The normalized spacial score (nSPS) is 15.4. The standard InChI is InChI=1S/C20H12Cl2N2O4/c1-2-9-28-17-6-4-3-5-12(17)10-14-18(25)23-20(27)24(19(14)26)13-7-8-15(21)16(22)11-13/h1,3-8,10-11H,9H2,(H,23,25,27)/b14-10+. The van der Waals surface area contributed by atoms with Gasteiger partial charge < -0.3 is 4.74 Å². The molecule has 140 valence electrons. The lowest BCUT2D eigenvalue weighted by Gasteiger charge is -2.26. The Balaban J connectivity index is 2.02. The molecule has 1 N–H and O–H groups in total. The van der Waals surface area contributed by atoms with Gasteiger partial charge in [-0.2, -0.15) is 0 Å². The van der Waals surface area contributed by atoms with Crippen LogP contribution in [0.15, 0.2) is 48.0 Å². The summed E-state index contributed by atoms with van der Waals surface area (Å²) in [6.45, 7) is 0.0220. The van der Waals surface area contributed by atoms with Gasteiger partial charge in [0.1, 0.15) is 17.9 Å². The van der Waals surface area contributed by atoms with Crippen LogP contribution in [0.3, 0.4) is 0 Å². The van der Waals surface area contributed by atoms with Gasteiger partial charge in [-0.3, -0.25) is 14.9 Å². The molecule has 4 amide bonds. The van der Waals surface area contributed by atoms with Crippen molar-refractivity contribution in [3.8, 4) is 18.1 Å². The van der Waals surface area contributed by atoms with Crippen LogP contribution in [0.1, 0.15) is 5.56 Å². The van der Waals surface area contributed by atoms with Crippen LogP contribution in [-0.2, 0) is 9.59 Å². The van der Waals surface area contributed by atoms with E-state index < -0.39 is 17.8 Å². The van der Waals surface area contributed by atoms with Crippen LogP contribution in [0.5, 0.6) is 5.75 Å². The molecule has 2 aromatic carbocycles. The summed E-state index contributed by atoms with van der Waals surface area (Å²) in [5.74, 6) is 1.11. The van der Waals surface area contributed by atoms with Crippen molar-refractivity contribution in [2.45, 2.75) is 0 Å². The van der Waals surface area contributed by atoms with Crippen molar-refractivity contribution in [2.24, 2.45) is 0 Å². The number of terminal acetylenes is 1. The summed E-state index contributed by atoms with van der Waals surface area (Å²) in [7, 11) is 0. The molecule has 0 bridgehead atoms. The van der Waals surface area contributed by atoms with E-state index in [2.05, 4.69) is 11.2 Å². The average Bonchev–Trinajstić information content (AvgIpc) is 2.67. The number of benzene rings is 2. The first-order chi connectivity index (χ1) is 13.4. The molecule has 1 aliphatic rings. The first-order valence-electron chi connectivity index (χ1n) is 7.94. The Morgan fingerprint density at radius 2 is 1.86 bits per heavy atom. The molecule has 1 aliphatic heterocycles. The number of halogens is 2. The molecule has 3 rings (SSSR count). The Labute approximate surface area is 170 Å². The third-order valence-corrected chi connectivity index (χ3v) is 4.53. The predicted molar refractivity (Wildman–Crippen MR) is 106 cm³/mol. The Bertz CT molecular complexity index is 1060. The molecule has 8 heteroatoms. The minimum atomic E-state index is -0.887. The summed E-state index contributed by atoms with van der Waals surface area (Å²) >= 11 is 11.9. The lowest BCUT2D eigenvalue weighted by atomic mass is 10.1. The van der Waals surface area contributed by atoms with Crippen molar-refractivity contribution in [2.75, 3.05) is 11.5 Å². The van der Waals surface area contributed by atoms with Crippen LogP contribution < -0.4 is 15.0 Å². The van der Waals surface area contributed by atoms with E-state index in [4.69, 9.17) is 34.4 Å². The van der Waals surface area contributed by atoms with E-state index >= 15 is 0 Å². The molecule has 1 saturated heterocycles. The maximum atomic E-state index is 12.9. The largest absolute Gasteiger partial charge is 0.480 e. The second kappa shape index (κ2) is 8.17. The van der Waals surface area contributed by atoms with Gasteiger partial charge >= 0.3 is 6.03 Å². The number of ether oxygens (including phenoxy) is 1. The number of anilines is 1. The summed E-state index contributed by atoms with van der Waals surface area (Å²) in [5.41, 5.74) is 0.384. The minimum Gasteiger partial charge on any atom is -0.480 e. The highest BCUT2D eigenvalue weighted by molar-refractivity contribution is 6.43. The van der Waals surface area contributed by atoms with E-state index in [1.807, 2.05) is 0 Å². The molecule has 0 radical (unpaired) electrons. The van der Waals surface area contributed by atoms with Gasteiger partial charge in [0.15, 0.2) is 0 Å². The van der Waals surface area contributed by atoms with Gasteiger partial charge in [-0.15, -0.1) is 6.42 Å². The molecule has 6 nitrogen and oxygen atoms in total. The van der Waals surface area contributed by atoms with E-state index in [1.165, 1.54) is 24.3 Å². The molecular formula is C20H12Cl2N2O4. The van der Waals surface area contributed by atoms with Crippen molar-refractivity contribution in [1.29, 1.82) is 0 Å². The van der Waals surface area contributed by atoms with E-state index in [1.54, 1.807) is 24.3 Å². The molecule has 2 aromatic rings. The number of nitrogens with one attached hydrogen (secondary N) is 1. The number of hydrogen-bond acceptors (Lipinski definition) is 4. The number of urea groups is 1. The van der Waals surface area contributed by atoms with Crippen LogP contribution in [0.2, 0.25) is 10.0 Å². The number of imide groups is 2. The summed E-state index contributed by atoms with van der Waals surface area (Å²) in [6.07, 6.45) is 6.54. The van der Waals surface area contributed by atoms with E-state index in [9.17, 15) is 14.4 Å². The van der Waals surface area contributed by atoms with Crippen LogP contribution >= 0.6 is 23.2 Å². The van der Waals surface area contributed by atoms with Crippen LogP contribution in [0, 0.1) is 12.3 Å². The third-order valence-electron chi connectivity index (χ3n) is 3.79. The molecule has 0 atom stereocenters. The monoisotopic (exact) mass is 414 g/mol. The van der Waals surface area contributed by atoms with Gasteiger partial charge in [0.2, 0.25) is 0 Å². The quantitative estimate of drug-likeness (QED) is 0.470. The maximum Gasteiger partial charge on any atom is 0.335 e. The number of nitrogens with zero attached hydrogens (tertiary/aromatic N) is 1. The topological polar surface area (TPSA) is 75.7 Å². The van der Waals surface area contributed by atoms with Crippen molar-refractivity contribution in [3.63, 3.8) is 0 Å². The summed E-state index contributed by atoms with van der Waals surface area (Å²) in [6, 6.07) is 10.1. The van der Waals surface area contributed by atoms with E-state index in [-0.39, 0.29) is 27.9 Å². The molecule has 1 heterocycles. The van der Waals surface area contributed by atoms with Gasteiger partial charge in [-0.25, -0.2) is 9.69 Å². The fourth-order valence-corrected chi connectivity index (χ4v) is 2.81. The van der Waals surface area contributed by atoms with E-state index in [0.717, 1.165) is 4.90 Å². The highest BCUT2D eigenvalue weighted by Crippen LogP contribution is 2.30. The maximum absolute atomic E-state index is 12.9. The van der Waals surface area contributed by atoms with Crippen LogP contribution in [0.25, 0.3) is 6.08 Å². The fourth-order valence-electron chi connectivity index (χ4n) is 2.52. The zero-order chi connectivity index (χ0) is 20.3. The van der Waals surface area contributed by atoms with Crippen molar-refractivity contribution in [1.82, 2.24) is 5.32 Å². The molecule has 28 heavy (non-hydrogen) atoms. The van der Waals surface area contributed by atoms with E-state index in [0.29, 0.717) is 11.3 Å². The lowest BCUT2D eigenvalue weighted by molar-refractivity contribution is -0.122. The molecule has 0 unspecified atom stereocenters. The van der Waals surface area contributed by atoms with Crippen LogP contribution in [-0.4, -0.2) is 24.5 Å². The van der Waals surface area contributed by atoms with Gasteiger partial charge in [0.25, 0.3) is 11.8 Å². The molecule has 0 aromatic heterocycles. The number of para-hydroxylation sites is 1. The summed E-state index contributed by atoms with van der Waals surface area (Å²) in [4.78, 5) is 38.2. The number of hydrogen-bond donors (Lipinski definition) is 1. The van der Waals surface area contributed by atoms with Crippen molar-refractivity contribution < 1.29 is 19.1 Å². The number of amides is 4. The molecule has 0 aliphatic carbocycles. The van der Waals surface area contributed by atoms with Gasteiger partial charge in [0, 0.05) is 5.56 Å². The molecular weight excluding hydrogens is 403 g/mol. The molecule has 0 spiro atoms. The zero-order valence-corrected chi connectivity index (χ0v) is 15.8. The zero-order valence-electron chi connectivity index (χ0n) is 14.2. The highest BCUT2D eigenvalue weighted by Gasteiger charge is 2.37. The fraction of sp³-hybridized carbons (Fsp3) is 0.0500. The summed E-state index contributed by atoms with van der Waals surface area (Å²) < 4.78 is 5.42. The minimum absolute atomic E-state index is 0.0220. The predicted octanol–water partition coefficient (Wildman–Crippen LogP) is 3.67. The molecule has 1 fully saturated rings. The number of carbonyl (C=O) groups excluding carboxylic acids is 3. The van der Waals surface area contributed by atoms with Crippen molar-refractivity contribution >= 4 is 52.8 Å². The molecule has 0 saturated carbocycles. The smallest absolute Gasteiger partial charge is 0.335 e. The van der Waals surface area contributed by atoms with Gasteiger partial charge in [0.05, 0.1) is 15.7 Å². The number of carbonyl (C=O) groups is 3. The second-order valence-corrected chi connectivity index (χ2v) is 6.40. The first kappa shape index (κ1) is 19.5. The van der Waals surface area contributed by atoms with Gasteiger partial charge in [-0.05, 0) is 30.3 Å². The Hall–Kier alpha value is -3.27. The Morgan fingerprint density at radius 3 is 2.57 bits per heavy atom. The van der Waals surface area contributed by atoms with Gasteiger partial charge in [-0.1, -0.05) is 47.3 Å². The van der Waals surface area contributed by atoms with Crippen molar-refractivity contribution in [3.05, 3.63) is 63.6 Å². The first-order valence-corrected chi connectivity index (χ1v) is 8.69. The highest BCUT2D eigenvalue weighted by atomic mass is 35.5. The Morgan fingerprint density at radius 1 is 1.11 bits per heavy atom. The Kier molecular flexibility index (Phi) is 5.69. The number of rotatable bonds is 4. The lowest BCUT2D eigenvalue weighted by Crippen LogP contribution is -2.54. The SMILES string of the molecule is C#CCOc1ccccc1/C=C1\C(=O)NC(=O)N(c2ccc(Cl)c(Cl)c2)C1=O. The summed E-state index contributed by atoms with van der Waals surface area (Å²) in [5, 5.41) is 2.56. The number of barbiturate groups is 1. The average molecular weight is 415 g/mol.